The Balaban J connectivity index is 1.60. The SMILES string of the molecule is O=C(Cc1c(Cl)cccc1Br)N1CCN(C(=O)c2cccc(F)c2)CC1. The van der Waals surface area contributed by atoms with Crippen LogP contribution < -0.4 is 0 Å². The van der Waals surface area contributed by atoms with Crippen LogP contribution in [0.1, 0.15) is 15.9 Å². The maximum absolute atomic E-state index is 13.3. The minimum Gasteiger partial charge on any atom is -0.339 e. The summed E-state index contributed by atoms with van der Waals surface area (Å²) >= 11 is 9.59. The first-order valence-electron chi connectivity index (χ1n) is 8.21. The second-order valence-electron chi connectivity index (χ2n) is 6.06. The molecule has 0 radical (unpaired) electrons. The van der Waals surface area contributed by atoms with Crippen molar-refractivity contribution in [2.24, 2.45) is 0 Å². The summed E-state index contributed by atoms with van der Waals surface area (Å²) in [4.78, 5) is 28.4. The van der Waals surface area contributed by atoms with Crippen LogP contribution in [0.4, 0.5) is 4.39 Å². The van der Waals surface area contributed by atoms with Gasteiger partial charge in [-0.05, 0) is 35.9 Å². The summed E-state index contributed by atoms with van der Waals surface area (Å²) < 4.78 is 14.1. The van der Waals surface area contributed by atoms with Gasteiger partial charge < -0.3 is 9.80 Å². The van der Waals surface area contributed by atoms with Crippen molar-refractivity contribution in [3.8, 4) is 0 Å². The first-order valence-corrected chi connectivity index (χ1v) is 9.38. The van der Waals surface area contributed by atoms with Crippen molar-refractivity contribution in [3.05, 3.63) is 68.9 Å². The van der Waals surface area contributed by atoms with E-state index in [1.54, 1.807) is 21.9 Å². The minimum absolute atomic E-state index is 0.0309. The van der Waals surface area contributed by atoms with Gasteiger partial charge in [-0.25, -0.2) is 4.39 Å². The highest BCUT2D eigenvalue weighted by molar-refractivity contribution is 9.10. The fourth-order valence-electron chi connectivity index (χ4n) is 2.93. The largest absolute Gasteiger partial charge is 0.339 e. The van der Waals surface area contributed by atoms with Gasteiger partial charge >= 0.3 is 0 Å². The van der Waals surface area contributed by atoms with Gasteiger partial charge in [-0.2, -0.15) is 0 Å². The first-order chi connectivity index (χ1) is 12.5. The molecule has 1 fully saturated rings. The first kappa shape index (κ1) is 18.9. The molecular formula is C19H17BrClFN2O2. The number of amides is 2. The molecule has 0 spiro atoms. The third kappa shape index (κ3) is 4.24. The van der Waals surface area contributed by atoms with E-state index >= 15 is 0 Å². The minimum atomic E-state index is -0.435. The third-order valence-corrected chi connectivity index (χ3v) is 5.48. The number of hydrogen-bond donors (Lipinski definition) is 0. The number of carbonyl (C=O) groups is 2. The van der Waals surface area contributed by atoms with Gasteiger partial charge in [0, 0.05) is 41.2 Å². The third-order valence-electron chi connectivity index (χ3n) is 4.38. The molecule has 1 aliphatic rings. The Morgan fingerprint density at radius 1 is 1.04 bits per heavy atom. The van der Waals surface area contributed by atoms with Gasteiger partial charge in [-0.15, -0.1) is 0 Å². The summed E-state index contributed by atoms with van der Waals surface area (Å²) in [7, 11) is 0. The van der Waals surface area contributed by atoms with E-state index in [4.69, 9.17) is 11.6 Å². The maximum atomic E-state index is 13.3. The standard InChI is InChI=1S/C19H17BrClFN2O2/c20-16-5-2-6-17(21)15(16)12-18(25)23-7-9-24(10-8-23)19(26)13-3-1-4-14(22)11-13/h1-6,11H,7-10,12H2. The van der Waals surface area contributed by atoms with Crippen molar-refractivity contribution in [1.29, 1.82) is 0 Å². The molecule has 2 amide bonds. The van der Waals surface area contributed by atoms with Crippen molar-refractivity contribution in [2.75, 3.05) is 26.2 Å². The monoisotopic (exact) mass is 438 g/mol. The molecule has 3 rings (SSSR count). The molecule has 0 aromatic heterocycles. The van der Waals surface area contributed by atoms with E-state index in [0.717, 1.165) is 10.0 Å². The number of nitrogens with zero attached hydrogens (tertiary/aromatic N) is 2. The topological polar surface area (TPSA) is 40.6 Å². The van der Waals surface area contributed by atoms with Gasteiger partial charge in [0.2, 0.25) is 5.91 Å². The van der Waals surface area contributed by atoms with Crippen LogP contribution in [0.5, 0.6) is 0 Å². The van der Waals surface area contributed by atoms with Gasteiger partial charge in [0.1, 0.15) is 5.82 Å². The van der Waals surface area contributed by atoms with Gasteiger partial charge in [0.25, 0.3) is 5.91 Å². The molecule has 0 saturated carbocycles. The quantitative estimate of drug-likeness (QED) is 0.730. The second kappa shape index (κ2) is 8.18. The molecule has 1 heterocycles. The fourth-order valence-corrected chi connectivity index (χ4v) is 3.79. The molecule has 0 N–H and O–H groups in total. The normalized spacial score (nSPS) is 14.4. The van der Waals surface area contributed by atoms with Crippen molar-refractivity contribution in [1.82, 2.24) is 9.80 Å². The molecule has 26 heavy (non-hydrogen) atoms. The molecule has 2 aromatic carbocycles. The number of piperazine rings is 1. The van der Waals surface area contributed by atoms with Gasteiger partial charge in [-0.1, -0.05) is 39.7 Å². The average molecular weight is 440 g/mol. The summed E-state index contributed by atoms with van der Waals surface area (Å²) in [6.07, 6.45) is 0.206. The summed E-state index contributed by atoms with van der Waals surface area (Å²) in [6, 6.07) is 11.1. The Labute approximate surface area is 164 Å². The zero-order valence-corrected chi connectivity index (χ0v) is 16.3. The number of carbonyl (C=O) groups excluding carboxylic acids is 2. The lowest BCUT2D eigenvalue weighted by atomic mass is 10.1. The highest BCUT2D eigenvalue weighted by Crippen LogP contribution is 2.25. The van der Waals surface area contributed by atoms with E-state index in [2.05, 4.69) is 15.9 Å². The van der Waals surface area contributed by atoms with Crippen molar-refractivity contribution < 1.29 is 14.0 Å². The molecule has 0 aliphatic carbocycles. The highest BCUT2D eigenvalue weighted by Gasteiger charge is 2.25. The van der Waals surface area contributed by atoms with Crippen LogP contribution >= 0.6 is 27.5 Å². The Bertz CT molecular complexity index is 818. The van der Waals surface area contributed by atoms with E-state index in [0.29, 0.717) is 36.8 Å². The predicted molar refractivity (Wildman–Crippen MR) is 102 cm³/mol. The van der Waals surface area contributed by atoms with Gasteiger partial charge in [0.05, 0.1) is 6.42 Å². The lowest BCUT2D eigenvalue weighted by Crippen LogP contribution is -2.51. The van der Waals surface area contributed by atoms with Crippen LogP contribution in [0, 0.1) is 5.82 Å². The number of benzene rings is 2. The maximum Gasteiger partial charge on any atom is 0.254 e. The molecular weight excluding hydrogens is 423 g/mol. The number of hydrogen-bond acceptors (Lipinski definition) is 2. The molecule has 0 bridgehead atoms. The molecule has 2 aromatic rings. The molecule has 0 atom stereocenters. The molecule has 1 saturated heterocycles. The van der Waals surface area contributed by atoms with Crippen LogP contribution in [0.2, 0.25) is 5.02 Å². The molecule has 1 aliphatic heterocycles. The van der Waals surface area contributed by atoms with E-state index in [9.17, 15) is 14.0 Å². The van der Waals surface area contributed by atoms with Crippen molar-refractivity contribution >= 4 is 39.3 Å². The highest BCUT2D eigenvalue weighted by atomic mass is 79.9. The lowest BCUT2D eigenvalue weighted by Gasteiger charge is -2.35. The second-order valence-corrected chi connectivity index (χ2v) is 7.32. The fraction of sp³-hybridized carbons (Fsp3) is 0.263. The number of rotatable bonds is 3. The van der Waals surface area contributed by atoms with Gasteiger partial charge in [0.15, 0.2) is 0 Å². The smallest absolute Gasteiger partial charge is 0.254 e. The Morgan fingerprint density at radius 3 is 2.35 bits per heavy atom. The summed E-state index contributed by atoms with van der Waals surface area (Å²) in [5, 5.41) is 0.549. The van der Waals surface area contributed by atoms with Crippen LogP contribution in [-0.2, 0) is 11.2 Å². The van der Waals surface area contributed by atoms with Crippen molar-refractivity contribution in [2.45, 2.75) is 6.42 Å². The van der Waals surface area contributed by atoms with Crippen LogP contribution in [-0.4, -0.2) is 47.8 Å². The average Bonchev–Trinajstić information content (AvgIpc) is 2.64. The van der Waals surface area contributed by atoms with E-state index < -0.39 is 5.82 Å². The van der Waals surface area contributed by atoms with Crippen LogP contribution in [0.3, 0.4) is 0 Å². The summed E-state index contributed by atoms with van der Waals surface area (Å²) in [5.41, 5.74) is 1.09. The lowest BCUT2D eigenvalue weighted by molar-refractivity contribution is -0.131. The summed E-state index contributed by atoms with van der Waals surface area (Å²) in [5.74, 6) is -0.683. The Hall–Kier alpha value is -1.92. The molecule has 136 valence electrons. The molecule has 7 heteroatoms. The van der Waals surface area contributed by atoms with E-state index in [1.165, 1.54) is 18.2 Å². The number of halogens is 3. The summed E-state index contributed by atoms with van der Waals surface area (Å²) in [6.45, 7) is 1.74. The predicted octanol–water partition coefficient (Wildman–Crippen LogP) is 3.77. The van der Waals surface area contributed by atoms with E-state index in [-0.39, 0.29) is 18.2 Å². The van der Waals surface area contributed by atoms with Crippen LogP contribution in [0.15, 0.2) is 46.9 Å². The van der Waals surface area contributed by atoms with E-state index in [1.807, 2.05) is 12.1 Å². The Kier molecular flexibility index (Phi) is 5.94. The van der Waals surface area contributed by atoms with Crippen LogP contribution in [0.25, 0.3) is 0 Å². The Morgan fingerprint density at radius 2 is 1.69 bits per heavy atom. The molecule has 0 unspecified atom stereocenters. The van der Waals surface area contributed by atoms with Gasteiger partial charge in [-0.3, -0.25) is 9.59 Å². The zero-order valence-electron chi connectivity index (χ0n) is 13.9. The zero-order chi connectivity index (χ0) is 18.7. The molecule has 4 nitrogen and oxygen atoms in total. The van der Waals surface area contributed by atoms with Crippen molar-refractivity contribution in [3.63, 3.8) is 0 Å².